The summed E-state index contributed by atoms with van der Waals surface area (Å²) < 4.78 is 5.34. The number of fused-ring (bicyclic) bond motifs is 1. The van der Waals surface area contributed by atoms with Gasteiger partial charge in [0.2, 0.25) is 5.91 Å². The van der Waals surface area contributed by atoms with Gasteiger partial charge in [-0.1, -0.05) is 18.2 Å². The van der Waals surface area contributed by atoms with E-state index in [1.807, 2.05) is 18.2 Å². The summed E-state index contributed by atoms with van der Waals surface area (Å²) in [5.74, 6) is -0.706. The van der Waals surface area contributed by atoms with Crippen LogP contribution in [0.25, 0.3) is 0 Å². The molecule has 0 radical (unpaired) electrons. The molecule has 0 bridgehead atoms. The maximum atomic E-state index is 13.1. The van der Waals surface area contributed by atoms with Crippen LogP contribution < -0.4 is 15.4 Å². The van der Waals surface area contributed by atoms with Crippen molar-refractivity contribution < 1.29 is 23.9 Å². The number of rotatable bonds is 6. The van der Waals surface area contributed by atoms with Crippen molar-refractivity contribution in [1.82, 2.24) is 10.2 Å². The van der Waals surface area contributed by atoms with Gasteiger partial charge in [0, 0.05) is 17.7 Å². The molecule has 1 fully saturated rings. The molecule has 2 aliphatic rings. The van der Waals surface area contributed by atoms with Crippen molar-refractivity contribution in [3.63, 3.8) is 0 Å². The number of carbonyl (C=O) groups is 4. The highest BCUT2D eigenvalue weighted by Crippen LogP contribution is 2.33. The average Bonchev–Trinajstić information content (AvgIpc) is 3.15. The minimum absolute atomic E-state index is 0.124. The van der Waals surface area contributed by atoms with Crippen molar-refractivity contribution in [2.24, 2.45) is 0 Å². The molecule has 4 rings (SSSR count). The first-order valence-corrected chi connectivity index (χ1v) is 9.97. The highest BCUT2D eigenvalue weighted by atomic mass is 16.5. The molecule has 8 nitrogen and oxygen atoms in total. The number of Topliss-reactive ketones (excluding diaryl/α,β-unsaturated/α-hetero) is 1. The zero-order chi connectivity index (χ0) is 22.3. The zero-order valence-corrected chi connectivity index (χ0v) is 17.5. The van der Waals surface area contributed by atoms with Crippen LogP contribution in [0.2, 0.25) is 0 Å². The number of imide groups is 1. The Kier molecular flexibility index (Phi) is 5.00. The molecule has 2 heterocycles. The smallest absolute Gasteiger partial charge is 0.325 e. The van der Waals surface area contributed by atoms with E-state index in [4.69, 9.17) is 4.74 Å². The molecule has 0 aliphatic carbocycles. The van der Waals surface area contributed by atoms with Crippen LogP contribution in [0.5, 0.6) is 5.75 Å². The van der Waals surface area contributed by atoms with Gasteiger partial charge in [-0.15, -0.1) is 0 Å². The average molecular weight is 421 g/mol. The maximum absolute atomic E-state index is 13.1. The Morgan fingerprint density at radius 3 is 2.65 bits per heavy atom. The first kappa shape index (κ1) is 20.6. The second kappa shape index (κ2) is 7.54. The van der Waals surface area contributed by atoms with E-state index < -0.39 is 17.5 Å². The summed E-state index contributed by atoms with van der Waals surface area (Å²) in [6.07, 6.45) is 0.233. The lowest BCUT2D eigenvalue weighted by Crippen LogP contribution is -2.46. The lowest BCUT2D eigenvalue weighted by atomic mass is 9.92. The third-order valence-electron chi connectivity index (χ3n) is 5.87. The molecule has 0 unspecified atom stereocenters. The van der Waals surface area contributed by atoms with E-state index in [2.05, 4.69) is 10.6 Å². The molecule has 2 aliphatic heterocycles. The van der Waals surface area contributed by atoms with Gasteiger partial charge in [-0.3, -0.25) is 19.3 Å². The summed E-state index contributed by atoms with van der Waals surface area (Å²) in [7, 11) is 1.54. The van der Waals surface area contributed by atoms with Crippen molar-refractivity contribution in [1.29, 1.82) is 0 Å². The number of anilines is 1. The number of nitrogens with zero attached hydrogens (tertiary/aromatic N) is 1. The Labute approximate surface area is 179 Å². The summed E-state index contributed by atoms with van der Waals surface area (Å²) in [5, 5.41) is 5.47. The number of amides is 4. The molecule has 31 heavy (non-hydrogen) atoms. The molecule has 2 aromatic rings. The summed E-state index contributed by atoms with van der Waals surface area (Å²) in [5.41, 5.74) is 1.34. The fraction of sp³-hybridized carbons (Fsp3) is 0.304. The number of hydrogen-bond donors (Lipinski definition) is 2. The Bertz CT molecular complexity index is 1110. The van der Waals surface area contributed by atoms with Gasteiger partial charge in [0.05, 0.1) is 19.6 Å². The second-order valence-electron chi connectivity index (χ2n) is 8.08. The topological polar surface area (TPSA) is 105 Å². The van der Waals surface area contributed by atoms with Gasteiger partial charge in [0.25, 0.3) is 5.91 Å². The van der Waals surface area contributed by atoms with E-state index in [9.17, 15) is 19.2 Å². The number of urea groups is 1. The van der Waals surface area contributed by atoms with E-state index >= 15 is 0 Å². The van der Waals surface area contributed by atoms with Crippen molar-refractivity contribution in [2.45, 2.75) is 31.7 Å². The van der Waals surface area contributed by atoms with Crippen LogP contribution in [0.1, 0.15) is 41.3 Å². The highest BCUT2D eigenvalue weighted by molar-refractivity contribution is 6.11. The lowest BCUT2D eigenvalue weighted by molar-refractivity contribution is -0.130. The molecule has 8 heteroatoms. The number of methoxy groups -OCH3 is 1. The number of para-hydroxylation sites is 1. The fourth-order valence-corrected chi connectivity index (χ4v) is 4.07. The number of hydrogen-bond acceptors (Lipinski definition) is 5. The number of carbonyl (C=O) groups excluding carboxylic acids is 4. The molecule has 0 saturated carbocycles. The molecule has 2 aromatic carbocycles. The fourth-order valence-electron chi connectivity index (χ4n) is 4.07. The normalized spacial score (nSPS) is 22.2. The molecule has 1 saturated heterocycles. The van der Waals surface area contributed by atoms with Crippen LogP contribution in [-0.2, 0) is 16.0 Å². The molecule has 2 N–H and O–H groups in total. The molecular formula is C23H23N3O5. The van der Waals surface area contributed by atoms with Gasteiger partial charge in [0.15, 0.2) is 5.78 Å². The van der Waals surface area contributed by atoms with Crippen LogP contribution in [-0.4, -0.2) is 47.7 Å². The predicted molar refractivity (Wildman–Crippen MR) is 113 cm³/mol. The second-order valence-corrected chi connectivity index (χ2v) is 8.08. The number of ether oxygens (including phenoxy) is 1. The lowest BCUT2D eigenvalue weighted by Gasteiger charge is -2.22. The first-order chi connectivity index (χ1) is 14.7. The van der Waals surface area contributed by atoms with E-state index in [1.165, 1.54) is 0 Å². The van der Waals surface area contributed by atoms with E-state index in [0.717, 1.165) is 16.0 Å². The van der Waals surface area contributed by atoms with Crippen LogP contribution in [0.15, 0.2) is 42.5 Å². The zero-order valence-electron chi connectivity index (χ0n) is 17.5. The highest BCUT2D eigenvalue weighted by Gasteiger charge is 2.48. The monoisotopic (exact) mass is 421 g/mol. The number of benzene rings is 2. The largest absolute Gasteiger partial charge is 0.496 e. The van der Waals surface area contributed by atoms with Crippen molar-refractivity contribution >= 4 is 29.3 Å². The van der Waals surface area contributed by atoms with Gasteiger partial charge >= 0.3 is 6.03 Å². The summed E-state index contributed by atoms with van der Waals surface area (Å²) in [4.78, 5) is 51.3. The molecule has 2 atom stereocenters. The van der Waals surface area contributed by atoms with Crippen molar-refractivity contribution in [3.8, 4) is 5.75 Å². The van der Waals surface area contributed by atoms with E-state index in [1.54, 1.807) is 45.2 Å². The van der Waals surface area contributed by atoms with Gasteiger partial charge in [-0.05, 0) is 49.2 Å². The minimum Gasteiger partial charge on any atom is -0.496 e. The van der Waals surface area contributed by atoms with Crippen LogP contribution >= 0.6 is 0 Å². The predicted octanol–water partition coefficient (Wildman–Crippen LogP) is 2.49. The van der Waals surface area contributed by atoms with Crippen LogP contribution in [0.4, 0.5) is 10.5 Å². The van der Waals surface area contributed by atoms with Crippen LogP contribution in [0, 0.1) is 0 Å². The standard InChI is InChI=1S/C23H23N3O5/c1-13-16-10-14(8-9-17(16)24-20(13)28)18(27)12-26-21(29)23(2,25-22(26)30)11-15-6-4-5-7-19(15)31-3/h4-10,13H,11-12H2,1-3H3,(H,24,28)(H,25,30)/t13-,23-/m1/s1. The summed E-state index contributed by atoms with van der Waals surface area (Å²) in [6.45, 7) is 3.02. The Hall–Kier alpha value is -3.68. The van der Waals surface area contributed by atoms with Gasteiger partial charge in [-0.25, -0.2) is 4.79 Å². The summed E-state index contributed by atoms with van der Waals surface area (Å²) in [6, 6.07) is 11.6. The first-order valence-electron chi connectivity index (χ1n) is 9.97. The van der Waals surface area contributed by atoms with Crippen molar-refractivity contribution in [2.75, 3.05) is 19.0 Å². The van der Waals surface area contributed by atoms with Crippen molar-refractivity contribution in [3.05, 3.63) is 59.2 Å². The minimum atomic E-state index is -1.19. The number of ketones is 1. The van der Waals surface area contributed by atoms with Crippen LogP contribution in [0.3, 0.4) is 0 Å². The molecule has 0 aromatic heterocycles. The summed E-state index contributed by atoms with van der Waals surface area (Å²) >= 11 is 0. The third kappa shape index (κ3) is 3.54. The SMILES string of the molecule is COc1ccccc1C[C@@]1(C)NC(=O)N(CC(=O)c2ccc3c(c2)[C@@H](C)C(=O)N3)C1=O. The molecule has 160 valence electrons. The van der Waals surface area contributed by atoms with Gasteiger partial charge in [0.1, 0.15) is 11.3 Å². The third-order valence-corrected chi connectivity index (χ3v) is 5.87. The van der Waals surface area contributed by atoms with Gasteiger partial charge in [-0.2, -0.15) is 0 Å². The molecular weight excluding hydrogens is 398 g/mol. The molecule has 0 spiro atoms. The van der Waals surface area contributed by atoms with Gasteiger partial charge < -0.3 is 15.4 Å². The van der Waals surface area contributed by atoms with E-state index in [0.29, 0.717) is 17.0 Å². The quantitative estimate of drug-likeness (QED) is 0.551. The number of nitrogens with one attached hydrogen (secondary N) is 2. The Morgan fingerprint density at radius 2 is 1.90 bits per heavy atom. The Balaban J connectivity index is 1.52. The maximum Gasteiger partial charge on any atom is 0.325 e. The Morgan fingerprint density at radius 1 is 1.16 bits per heavy atom. The van der Waals surface area contributed by atoms with E-state index in [-0.39, 0.29) is 30.6 Å². The molecule has 4 amide bonds.